The number of oxime groups is 1. The number of fused-ring (bicyclic) bond motifs is 1. The number of aromatic nitrogens is 2. The zero-order valence-corrected chi connectivity index (χ0v) is 7.36. The maximum absolute atomic E-state index is 9.51. The summed E-state index contributed by atoms with van der Waals surface area (Å²) in [6, 6.07) is 0. The SMILES string of the molecule is Cc1nc2c(n1O)CCCC2=NO. The molecule has 0 aliphatic heterocycles. The molecule has 0 amide bonds. The van der Waals surface area contributed by atoms with Gasteiger partial charge in [0, 0.05) is 0 Å². The normalized spacial score (nSPS) is 19.0. The predicted molar refractivity (Wildman–Crippen MR) is 45.4 cm³/mol. The van der Waals surface area contributed by atoms with E-state index >= 15 is 0 Å². The monoisotopic (exact) mass is 181 g/mol. The maximum atomic E-state index is 9.51. The second-order valence-corrected chi connectivity index (χ2v) is 3.17. The number of imidazole rings is 1. The molecule has 1 heterocycles. The maximum Gasteiger partial charge on any atom is 0.142 e. The molecule has 1 aliphatic rings. The summed E-state index contributed by atoms with van der Waals surface area (Å²) in [5, 5.41) is 21.4. The third-order valence-electron chi connectivity index (χ3n) is 2.33. The van der Waals surface area contributed by atoms with Crippen molar-refractivity contribution < 1.29 is 10.4 Å². The van der Waals surface area contributed by atoms with Crippen molar-refractivity contribution in [2.45, 2.75) is 26.2 Å². The minimum Gasteiger partial charge on any atom is -0.427 e. The van der Waals surface area contributed by atoms with Crippen LogP contribution in [0.25, 0.3) is 0 Å². The summed E-state index contributed by atoms with van der Waals surface area (Å²) in [7, 11) is 0. The van der Waals surface area contributed by atoms with Gasteiger partial charge in [-0.1, -0.05) is 5.16 Å². The third-order valence-corrected chi connectivity index (χ3v) is 2.33. The molecule has 70 valence electrons. The Bertz CT molecular complexity index is 368. The van der Waals surface area contributed by atoms with Gasteiger partial charge in [-0.2, -0.15) is 4.73 Å². The van der Waals surface area contributed by atoms with Crippen LogP contribution in [0.1, 0.15) is 30.1 Å². The molecule has 0 fully saturated rings. The van der Waals surface area contributed by atoms with Crippen molar-refractivity contribution in [1.29, 1.82) is 0 Å². The van der Waals surface area contributed by atoms with Crippen molar-refractivity contribution >= 4 is 5.71 Å². The van der Waals surface area contributed by atoms with Gasteiger partial charge in [0.25, 0.3) is 0 Å². The Morgan fingerprint density at radius 3 is 2.92 bits per heavy atom. The van der Waals surface area contributed by atoms with Crippen molar-refractivity contribution in [2.75, 3.05) is 0 Å². The van der Waals surface area contributed by atoms with Gasteiger partial charge in [-0.3, -0.25) is 0 Å². The largest absolute Gasteiger partial charge is 0.427 e. The number of hydrogen-bond donors (Lipinski definition) is 2. The molecule has 1 aromatic rings. The van der Waals surface area contributed by atoms with E-state index in [1.807, 2.05) is 0 Å². The molecule has 0 bridgehead atoms. The Morgan fingerprint density at radius 1 is 1.46 bits per heavy atom. The fourth-order valence-corrected chi connectivity index (χ4v) is 1.66. The van der Waals surface area contributed by atoms with Crippen LogP contribution >= 0.6 is 0 Å². The number of nitrogens with zero attached hydrogens (tertiary/aromatic N) is 3. The molecule has 0 atom stereocenters. The highest BCUT2D eigenvalue weighted by atomic mass is 16.5. The molecule has 0 aromatic carbocycles. The van der Waals surface area contributed by atoms with Crippen LogP contribution < -0.4 is 0 Å². The van der Waals surface area contributed by atoms with E-state index in [1.54, 1.807) is 6.92 Å². The summed E-state index contributed by atoms with van der Waals surface area (Å²) < 4.78 is 1.07. The van der Waals surface area contributed by atoms with Gasteiger partial charge in [-0.05, 0) is 26.2 Å². The molecule has 5 nitrogen and oxygen atoms in total. The number of aryl methyl sites for hydroxylation is 1. The van der Waals surface area contributed by atoms with E-state index in [0.717, 1.165) is 29.7 Å². The van der Waals surface area contributed by atoms with Gasteiger partial charge >= 0.3 is 0 Å². The van der Waals surface area contributed by atoms with Gasteiger partial charge in [0.15, 0.2) is 0 Å². The Labute approximate surface area is 75.3 Å². The van der Waals surface area contributed by atoms with E-state index in [2.05, 4.69) is 10.1 Å². The lowest BCUT2D eigenvalue weighted by Gasteiger charge is -2.11. The zero-order valence-electron chi connectivity index (χ0n) is 7.36. The fraction of sp³-hybridized carbons (Fsp3) is 0.500. The minimum absolute atomic E-state index is 0.535. The van der Waals surface area contributed by atoms with Gasteiger partial charge in [-0.25, -0.2) is 4.98 Å². The molecule has 0 saturated carbocycles. The van der Waals surface area contributed by atoms with Crippen LogP contribution in [-0.4, -0.2) is 25.8 Å². The average Bonchev–Trinajstić information content (AvgIpc) is 2.43. The first kappa shape index (κ1) is 8.10. The Hall–Kier alpha value is -1.52. The molecule has 0 saturated heterocycles. The highest BCUT2D eigenvalue weighted by Gasteiger charge is 2.23. The molecular weight excluding hydrogens is 170 g/mol. The smallest absolute Gasteiger partial charge is 0.142 e. The second-order valence-electron chi connectivity index (χ2n) is 3.17. The van der Waals surface area contributed by atoms with Crippen LogP contribution in [-0.2, 0) is 6.42 Å². The number of hydrogen-bond acceptors (Lipinski definition) is 4. The van der Waals surface area contributed by atoms with Gasteiger partial charge in [0.1, 0.15) is 17.2 Å². The van der Waals surface area contributed by atoms with Crippen LogP contribution in [0.5, 0.6) is 0 Å². The highest BCUT2D eigenvalue weighted by molar-refractivity contribution is 6.00. The predicted octanol–water partition coefficient (Wildman–Crippen LogP) is 0.943. The third kappa shape index (κ3) is 1.07. The van der Waals surface area contributed by atoms with Crippen LogP contribution in [0, 0.1) is 6.92 Å². The van der Waals surface area contributed by atoms with Crippen molar-refractivity contribution in [3.63, 3.8) is 0 Å². The quantitative estimate of drug-likeness (QED) is 0.355. The minimum atomic E-state index is 0.535. The first-order valence-electron chi connectivity index (χ1n) is 4.23. The molecule has 2 N–H and O–H groups in total. The van der Waals surface area contributed by atoms with Crippen LogP contribution in [0.4, 0.5) is 0 Å². The van der Waals surface area contributed by atoms with Crippen molar-refractivity contribution in [1.82, 2.24) is 9.71 Å². The van der Waals surface area contributed by atoms with Gasteiger partial charge in [0.05, 0.1) is 5.69 Å². The topological polar surface area (TPSA) is 70.6 Å². The number of rotatable bonds is 0. The Balaban J connectivity index is 2.58. The lowest BCUT2D eigenvalue weighted by molar-refractivity contribution is 0.169. The van der Waals surface area contributed by atoms with Crippen molar-refractivity contribution in [2.24, 2.45) is 5.16 Å². The molecule has 2 rings (SSSR count). The lowest BCUT2D eigenvalue weighted by atomic mass is 9.99. The molecule has 13 heavy (non-hydrogen) atoms. The van der Waals surface area contributed by atoms with Gasteiger partial charge in [-0.15, -0.1) is 0 Å². The van der Waals surface area contributed by atoms with Crippen LogP contribution in [0.3, 0.4) is 0 Å². The molecule has 1 aliphatic carbocycles. The summed E-state index contributed by atoms with van der Waals surface area (Å²) in [6.45, 7) is 1.72. The average molecular weight is 181 g/mol. The summed E-state index contributed by atoms with van der Waals surface area (Å²) in [4.78, 5) is 4.13. The standard InChI is InChI=1S/C8H11N3O2/c1-5-9-8-6(10-12)3-2-4-7(8)11(5)13/h12-13H,2-4H2,1H3. The lowest BCUT2D eigenvalue weighted by Crippen LogP contribution is -2.13. The Kier molecular flexibility index (Phi) is 1.72. The summed E-state index contributed by atoms with van der Waals surface area (Å²) >= 11 is 0. The van der Waals surface area contributed by atoms with E-state index in [4.69, 9.17) is 5.21 Å². The van der Waals surface area contributed by atoms with Crippen LogP contribution in [0.2, 0.25) is 0 Å². The van der Waals surface area contributed by atoms with Gasteiger partial charge < -0.3 is 10.4 Å². The molecule has 5 heteroatoms. The van der Waals surface area contributed by atoms with Crippen molar-refractivity contribution in [3.8, 4) is 0 Å². The first-order valence-corrected chi connectivity index (χ1v) is 4.23. The van der Waals surface area contributed by atoms with Crippen LogP contribution in [0.15, 0.2) is 5.16 Å². The van der Waals surface area contributed by atoms with E-state index in [0.29, 0.717) is 17.2 Å². The fourth-order valence-electron chi connectivity index (χ4n) is 1.66. The summed E-state index contributed by atoms with van der Waals surface area (Å²) in [6.07, 6.45) is 2.39. The molecule has 0 spiro atoms. The van der Waals surface area contributed by atoms with E-state index < -0.39 is 0 Å². The van der Waals surface area contributed by atoms with E-state index in [9.17, 15) is 5.21 Å². The molecule has 1 aromatic heterocycles. The first-order chi connectivity index (χ1) is 6.24. The highest BCUT2D eigenvalue weighted by Crippen LogP contribution is 2.21. The van der Waals surface area contributed by atoms with Gasteiger partial charge in [0.2, 0.25) is 0 Å². The van der Waals surface area contributed by atoms with E-state index in [1.165, 1.54) is 0 Å². The molecule has 0 unspecified atom stereocenters. The van der Waals surface area contributed by atoms with E-state index in [-0.39, 0.29) is 0 Å². The second kappa shape index (κ2) is 2.76. The Morgan fingerprint density at radius 2 is 2.23 bits per heavy atom. The molecular formula is C8H11N3O2. The van der Waals surface area contributed by atoms with Crippen molar-refractivity contribution in [3.05, 3.63) is 17.2 Å². The zero-order chi connectivity index (χ0) is 9.42. The molecule has 0 radical (unpaired) electrons. The summed E-state index contributed by atoms with van der Waals surface area (Å²) in [5.41, 5.74) is 1.95. The summed E-state index contributed by atoms with van der Waals surface area (Å²) in [5.74, 6) is 0.535.